The lowest BCUT2D eigenvalue weighted by Crippen LogP contribution is -2.55. The van der Waals surface area contributed by atoms with Crippen LogP contribution in [0.3, 0.4) is 0 Å². The van der Waals surface area contributed by atoms with Gasteiger partial charge in [-0.2, -0.15) is 0 Å². The van der Waals surface area contributed by atoms with E-state index in [9.17, 15) is 8.42 Å². The molecule has 1 aliphatic carbocycles. The SMILES string of the molecule is CS(=O)(=O)N[C@H]1CCCN[C@H]1CO[C@H]1CC[C@@H](c2ncccn2)CC1. The van der Waals surface area contributed by atoms with Gasteiger partial charge in [0.1, 0.15) is 5.82 Å². The number of nitrogens with zero attached hydrogens (tertiary/aromatic N) is 2. The Bertz CT molecular complexity index is 633. The topological polar surface area (TPSA) is 93.2 Å². The lowest BCUT2D eigenvalue weighted by atomic mass is 9.86. The zero-order valence-electron chi connectivity index (χ0n) is 14.7. The zero-order chi connectivity index (χ0) is 17.7. The van der Waals surface area contributed by atoms with Crippen molar-refractivity contribution in [1.29, 1.82) is 0 Å². The summed E-state index contributed by atoms with van der Waals surface area (Å²) in [5.74, 6) is 1.36. The molecule has 1 saturated heterocycles. The molecule has 0 spiro atoms. The summed E-state index contributed by atoms with van der Waals surface area (Å²) in [5.41, 5.74) is 0. The van der Waals surface area contributed by atoms with Crippen LogP contribution in [0.25, 0.3) is 0 Å². The van der Waals surface area contributed by atoms with Gasteiger partial charge in [-0.15, -0.1) is 0 Å². The molecule has 0 unspecified atom stereocenters. The fourth-order valence-electron chi connectivity index (χ4n) is 3.79. The number of hydrogen-bond acceptors (Lipinski definition) is 6. The van der Waals surface area contributed by atoms with Gasteiger partial charge >= 0.3 is 0 Å². The number of ether oxygens (including phenoxy) is 1. The van der Waals surface area contributed by atoms with E-state index in [2.05, 4.69) is 20.0 Å². The zero-order valence-corrected chi connectivity index (χ0v) is 15.5. The van der Waals surface area contributed by atoms with E-state index >= 15 is 0 Å². The van der Waals surface area contributed by atoms with Crippen molar-refractivity contribution in [3.8, 4) is 0 Å². The van der Waals surface area contributed by atoms with Crippen LogP contribution in [0.5, 0.6) is 0 Å². The van der Waals surface area contributed by atoms with Crippen molar-refractivity contribution in [2.45, 2.75) is 62.6 Å². The maximum Gasteiger partial charge on any atom is 0.209 e. The van der Waals surface area contributed by atoms with Gasteiger partial charge in [0.2, 0.25) is 10.0 Å². The monoisotopic (exact) mass is 368 g/mol. The van der Waals surface area contributed by atoms with Gasteiger partial charge in [0.05, 0.1) is 19.0 Å². The maximum absolute atomic E-state index is 11.5. The normalized spacial score (nSPS) is 30.9. The third-order valence-corrected chi connectivity index (χ3v) is 5.82. The van der Waals surface area contributed by atoms with E-state index in [4.69, 9.17) is 4.74 Å². The summed E-state index contributed by atoms with van der Waals surface area (Å²) in [7, 11) is -3.20. The summed E-state index contributed by atoms with van der Waals surface area (Å²) < 4.78 is 31.9. The molecule has 0 amide bonds. The van der Waals surface area contributed by atoms with E-state index in [1.165, 1.54) is 6.26 Å². The molecule has 3 rings (SSSR count). The molecule has 1 aliphatic heterocycles. The smallest absolute Gasteiger partial charge is 0.209 e. The number of piperidine rings is 1. The highest BCUT2D eigenvalue weighted by Gasteiger charge is 2.29. The Morgan fingerprint density at radius 3 is 2.60 bits per heavy atom. The van der Waals surface area contributed by atoms with E-state index in [-0.39, 0.29) is 18.2 Å². The van der Waals surface area contributed by atoms with Crippen molar-refractivity contribution in [1.82, 2.24) is 20.0 Å². The van der Waals surface area contributed by atoms with Gasteiger partial charge in [-0.1, -0.05) is 0 Å². The van der Waals surface area contributed by atoms with Crippen LogP contribution in [0.4, 0.5) is 0 Å². The number of nitrogens with one attached hydrogen (secondary N) is 2. The summed E-state index contributed by atoms with van der Waals surface area (Å²) >= 11 is 0. The molecule has 8 heteroatoms. The van der Waals surface area contributed by atoms with E-state index in [0.29, 0.717) is 12.5 Å². The third kappa shape index (κ3) is 5.70. The minimum Gasteiger partial charge on any atom is -0.377 e. The fraction of sp³-hybridized carbons (Fsp3) is 0.765. The average molecular weight is 369 g/mol. The van der Waals surface area contributed by atoms with Crippen molar-refractivity contribution in [3.05, 3.63) is 24.3 Å². The van der Waals surface area contributed by atoms with E-state index < -0.39 is 10.0 Å². The molecule has 2 N–H and O–H groups in total. The van der Waals surface area contributed by atoms with Crippen LogP contribution >= 0.6 is 0 Å². The predicted octanol–water partition coefficient (Wildman–Crippen LogP) is 1.19. The molecule has 0 aromatic carbocycles. The summed E-state index contributed by atoms with van der Waals surface area (Å²) in [6.07, 6.45) is 11.0. The van der Waals surface area contributed by atoms with Crippen molar-refractivity contribution < 1.29 is 13.2 Å². The number of hydrogen-bond donors (Lipinski definition) is 2. The van der Waals surface area contributed by atoms with Gasteiger partial charge in [0.25, 0.3) is 0 Å². The molecule has 1 aromatic rings. The van der Waals surface area contributed by atoms with Crippen LogP contribution in [0.2, 0.25) is 0 Å². The molecular weight excluding hydrogens is 340 g/mol. The van der Waals surface area contributed by atoms with Gasteiger partial charge in [-0.25, -0.2) is 23.1 Å². The van der Waals surface area contributed by atoms with Crippen LogP contribution in [-0.4, -0.2) is 56.0 Å². The predicted molar refractivity (Wildman–Crippen MR) is 95.8 cm³/mol. The fourth-order valence-corrected chi connectivity index (χ4v) is 4.62. The highest BCUT2D eigenvalue weighted by Crippen LogP contribution is 2.32. The Balaban J connectivity index is 1.45. The van der Waals surface area contributed by atoms with Crippen molar-refractivity contribution >= 4 is 10.0 Å². The minimum absolute atomic E-state index is 0.0404. The standard InChI is InChI=1S/C17H28N4O3S/c1-25(22,23)21-15-4-2-9-18-16(15)12-24-14-7-5-13(6-8-14)17-19-10-3-11-20-17/h3,10-11,13-16,18,21H,2,4-9,12H2,1H3/t13-,14+,15-,16-/m0/s1. The Hall–Kier alpha value is -1.09. The van der Waals surface area contributed by atoms with Crippen molar-refractivity contribution in [2.75, 3.05) is 19.4 Å². The van der Waals surface area contributed by atoms with Crippen molar-refractivity contribution in [3.63, 3.8) is 0 Å². The van der Waals surface area contributed by atoms with E-state index in [0.717, 1.165) is 50.9 Å². The van der Waals surface area contributed by atoms with Crippen LogP contribution in [0, 0.1) is 0 Å². The second kappa shape index (κ2) is 8.53. The minimum atomic E-state index is -3.20. The molecule has 2 aliphatic rings. The first-order chi connectivity index (χ1) is 12.0. The van der Waals surface area contributed by atoms with Gasteiger partial charge in [0.15, 0.2) is 0 Å². The van der Waals surface area contributed by atoms with Crippen molar-refractivity contribution in [2.24, 2.45) is 0 Å². The first-order valence-electron chi connectivity index (χ1n) is 9.10. The molecule has 2 fully saturated rings. The highest BCUT2D eigenvalue weighted by molar-refractivity contribution is 7.88. The Morgan fingerprint density at radius 1 is 1.20 bits per heavy atom. The number of aromatic nitrogens is 2. The molecule has 2 atom stereocenters. The van der Waals surface area contributed by atoms with Crippen LogP contribution in [0.15, 0.2) is 18.5 Å². The van der Waals surface area contributed by atoms with Gasteiger partial charge in [0, 0.05) is 30.4 Å². The lowest BCUT2D eigenvalue weighted by molar-refractivity contribution is 0.00482. The molecule has 0 radical (unpaired) electrons. The van der Waals surface area contributed by atoms with Gasteiger partial charge < -0.3 is 10.1 Å². The molecule has 7 nitrogen and oxygen atoms in total. The molecule has 1 saturated carbocycles. The Labute approximate surface area is 150 Å². The summed E-state index contributed by atoms with van der Waals surface area (Å²) in [5, 5.41) is 3.39. The Morgan fingerprint density at radius 2 is 1.92 bits per heavy atom. The second-order valence-corrected chi connectivity index (χ2v) is 8.89. The summed E-state index contributed by atoms with van der Waals surface area (Å²) in [6.45, 7) is 1.46. The highest BCUT2D eigenvalue weighted by atomic mass is 32.2. The van der Waals surface area contributed by atoms with Crippen LogP contribution in [0.1, 0.15) is 50.3 Å². The quantitative estimate of drug-likeness (QED) is 0.783. The molecule has 25 heavy (non-hydrogen) atoms. The third-order valence-electron chi connectivity index (χ3n) is 5.09. The molecule has 2 heterocycles. The first-order valence-corrected chi connectivity index (χ1v) is 11.0. The average Bonchev–Trinajstić information content (AvgIpc) is 2.61. The summed E-state index contributed by atoms with van der Waals surface area (Å²) in [6, 6.07) is 1.80. The number of sulfonamides is 1. The van der Waals surface area contributed by atoms with Crippen LogP contribution < -0.4 is 10.0 Å². The molecule has 140 valence electrons. The Kier molecular flexibility index (Phi) is 6.38. The summed E-state index contributed by atoms with van der Waals surface area (Å²) in [4.78, 5) is 8.73. The molecule has 0 bridgehead atoms. The van der Waals surface area contributed by atoms with Crippen LogP contribution in [-0.2, 0) is 14.8 Å². The number of rotatable bonds is 6. The van der Waals surface area contributed by atoms with E-state index in [1.807, 2.05) is 6.07 Å². The first kappa shape index (κ1) is 18.7. The lowest BCUT2D eigenvalue weighted by Gasteiger charge is -2.34. The second-order valence-electron chi connectivity index (χ2n) is 7.11. The van der Waals surface area contributed by atoms with E-state index in [1.54, 1.807) is 12.4 Å². The van der Waals surface area contributed by atoms with Gasteiger partial charge in [-0.05, 0) is 51.1 Å². The molecular formula is C17H28N4O3S. The largest absolute Gasteiger partial charge is 0.377 e. The maximum atomic E-state index is 11.5. The molecule has 1 aromatic heterocycles. The van der Waals surface area contributed by atoms with Gasteiger partial charge in [-0.3, -0.25) is 0 Å².